The van der Waals surface area contributed by atoms with Gasteiger partial charge in [-0.2, -0.15) is 5.10 Å². The highest BCUT2D eigenvalue weighted by atomic mass is 32.2. The van der Waals surface area contributed by atoms with Crippen molar-refractivity contribution in [2.24, 2.45) is 0 Å². The van der Waals surface area contributed by atoms with Crippen molar-refractivity contribution in [3.05, 3.63) is 78.4 Å². The summed E-state index contributed by atoms with van der Waals surface area (Å²) in [4.78, 5) is -0.303. The first-order valence-electron chi connectivity index (χ1n) is 9.35. The predicted octanol–water partition coefficient (Wildman–Crippen LogP) is 3.71. The van der Waals surface area contributed by atoms with E-state index < -0.39 is 15.8 Å². The standard InChI is InChI=1S/C21H18FN5O4S/c1-14-11-12-27(25-14)20-9-10-21(24-23-20)31-17-6-4-16(5-7-17)26-32(28,29)19-13-15(22)3-8-18(19)30-2/h3-13,26H,1-2H3. The average Bonchev–Trinajstić information content (AvgIpc) is 3.22. The largest absolute Gasteiger partial charge is 0.495 e. The van der Waals surface area contributed by atoms with E-state index in [-0.39, 0.29) is 22.2 Å². The topological polar surface area (TPSA) is 108 Å². The van der Waals surface area contributed by atoms with Gasteiger partial charge in [-0.3, -0.25) is 4.72 Å². The minimum atomic E-state index is -4.07. The molecule has 11 heteroatoms. The number of hydrogen-bond acceptors (Lipinski definition) is 7. The second-order valence-electron chi connectivity index (χ2n) is 6.66. The van der Waals surface area contributed by atoms with E-state index >= 15 is 0 Å². The van der Waals surface area contributed by atoms with Gasteiger partial charge >= 0.3 is 0 Å². The zero-order chi connectivity index (χ0) is 22.7. The number of ether oxygens (including phenoxy) is 2. The highest BCUT2D eigenvalue weighted by Gasteiger charge is 2.20. The van der Waals surface area contributed by atoms with Gasteiger partial charge in [0.1, 0.15) is 22.2 Å². The molecule has 4 aromatic rings. The van der Waals surface area contributed by atoms with Crippen LogP contribution in [0.2, 0.25) is 0 Å². The lowest BCUT2D eigenvalue weighted by molar-refractivity contribution is 0.401. The third kappa shape index (κ3) is 4.67. The summed E-state index contributed by atoms with van der Waals surface area (Å²) in [6, 6.07) is 14.6. The Morgan fingerprint density at radius 2 is 1.78 bits per heavy atom. The molecule has 0 spiro atoms. The number of sulfonamides is 1. The van der Waals surface area contributed by atoms with Crippen LogP contribution in [0, 0.1) is 12.7 Å². The molecule has 0 aliphatic heterocycles. The maximum Gasteiger partial charge on any atom is 0.265 e. The van der Waals surface area contributed by atoms with Gasteiger partial charge in [0.15, 0.2) is 5.82 Å². The molecule has 4 rings (SSSR count). The molecule has 164 valence electrons. The Morgan fingerprint density at radius 3 is 2.41 bits per heavy atom. The second kappa shape index (κ2) is 8.63. The molecule has 0 aliphatic carbocycles. The van der Waals surface area contributed by atoms with E-state index in [1.807, 2.05) is 13.0 Å². The molecule has 0 saturated heterocycles. The molecule has 2 aromatic carbocycles. The molecule has 0 bridgehead atoms. The Labute approximate surface area is 183 Å². The van der Waals surface area contributed by atoms with E-state index in [0.29, 0.717) is 11.6 Å². The summed E-state index contributed by atoms with van der Waals surface area (Å²) in [5.74, 6) is 0.572. The Kier molecular flexibility index (Phi) is 5.73. The lowest BCUT2D eigenvalue weighted by atomic mass is 10.3. The smallest absolute Gasteiger partial charge is 0.265 e. The zero-order valence-electron chi connectivity index (χ0n) is 17.1. The van der Waals surface area contributed by atoms with Crippen molar-refractivity contribution in [2.45, 2.75) is 11.8 Å². The van der Waals surface area contributed by atoms with E-state index in [1.54, 1.807) is 35.1 Å². The van der Waals surface area contributed by atoms with Crippen LogP contribution in [0.3, 0.4) is 0 Å². The van der Waals surface area contributed by atoms with Gasteiger partial charge in [0.25, 0.3) is 10.0 Å². The first-order chi connectivity index (χ1) is 15.3. The van der Waals surface area contributed by atoms with Crippen LogP contribution in [0.1, 0.15) is 5.69 Å². The maximum atomic E-state index is 13.6. The first kappa shape index (κ1) is 21.2. The molecule has 9 nitrogen and oxygen atoms in total. The second-order valence-corrected chi connectivity index (χ2v) is 8.31. The highest BCUT2D eigenvalue weighted by molar-refractivity contribution is 7.92. The minimum Gasteiger partial charge on any atom is -0.495 e. The Balaban J connectivity index is 1.46. The molecule has 0 radical (unpaired) electrons. The van der Waals surface area contributed by atoms with E-state index in [4.69, 9.17) is 9.47 Å². The molecule has 1 N–H and O–H groups in total. The van der Waals surface area contributed by atoms with Gasteiger partial charge in [0.05, 0.1) is 12.8 Å². The van der Waals surface area contributed by atoms with Gasteiger partial charge in [-0.05, 0) is 61.5 Å². The summed E-state index contributed by atoms with van der Waals surface area (Å²) >= 11 is 0. The Morgan fingerprint density at radius 1 is 1.00 bits per heavy atom. The van der Waals surface area contributed by atoms with Crippen molar-refractivity contribution in [2.75, 3.05) is 11.8 Å². The van der Waals surface area contributed by atoms with Crippen molar-refractivity contribution >= 4 is 15.7 Å². The van der Waals surface area contributed by atoms with Gasteiger partial charge in [0.2, 0.25) is 5.88 Å². The SMILES string of the molecule is COc1ccc(F)cc1S(=O)(=O)Nc1ccc(Oc2ccc(-n3ccc(C)n3)nn2)cc1. The van der Waals surface area contributed by atoms with Crippen LogP contribution in [0.4, 0.5) is 10.1 Å². The summed E-state index contributed by atoms with van der Waals surface area (Å²) in [7, 11) is -2.76. The number of nitrogens with one attached hydrogen (secondary N) is 1. The maximum absolute atomic E-state index is 13.6. The monoisotopic (exact) mass is 455 g/mol. The predicted molar refractivity (Wildman–Crippen MR) is 114 cm³/mol. The highest BCUT2D eigenvalue weighted by Crippen LogP contribution is 2.28. The van der Waals surface area contributed by atoms with Crippen LogP contribution < -0.4 is 14.2 Å². The van der Waals surface area contributed by atoms with Gasteiger partial charge in [-0.25, -0.2) is 17.5 Å². The fourth-order valence-electron chi connectivity index (χ4n) is 2.81. The number of anilines is 1. The normalized spacial score (nSPS) is 11.2. The molecule has 2 aromatic heterocycles. The van der Waals surface area contributed by atoms with Crippen LogP contribution in [0.5, 0.6) is 17.4 Å². The summed E-state index contributed by atoms with van der Waals surface area (Å²) in [6.07, 6.45) is 1.78. The van der Waals surface area contributed by atoms with E-state index in [1.165, 1.54) is 25.3 Å². The van der Waals surface area contributed by atoms with Crippen molar-refractivity contribution in [1.82, 2.24) is 20.0 Å². The van der Waals surface area contributed by atoms with E-state index in [0.717, 1.165) is 17.8 Å². The number of methoxy groups -OCH3 is 1. The lowest BCUT2D eigenvalue weighted by Gasteiger charge is -2.12. The Bertz CT molecular complexity index is 1340. The third-order valence-corrected chi connectivity index (χ3v) is 5.73. The number of aryl methyl sites for hydroxylation is 1. The lowest BCUT2D eigenvalue weighted by Crippen LogP contribution is -2.14. The number of aromatic nitrogens is 4. The summed E-state index contributed by atoms with van der Waals surface area (Å²) < 4.78 is 53.5. The molecule has 2 heterocycles. The molecule has 0 atom stereocenters. The van der Waals surface area contributed by atoms with Crippen molar-refractivity contribution in [3.8, 4) is 23.2 Å². The fourth-order valence-corrected chi connectivity index (χ4v) is 4.06. The van der Waals surface area contributed by atoms with Crippen LogP contribution >= 0.6 is 0 Å². The first-order valence-corrected chi connectivity index (χ1v) is 10.8. The van der Waals surface area contributed by atoms with E-state index in [2.05, 4.69) is 20.0 Å². The molecular formula is C21H18FN5O4S. The minimum absolute atomic E-state index is 0.0335. The van der Waals surface area contributed by atoms with Crippen LogP contribution in [0.15, 0.2) is 71.8 Å². The average molecular weight is 455 g/mol. The quantitative estimate of drug-likeness (QED) is 0.452. The molecule has 0 saturated carbocycles. The molecule has 0 aliphatic rings. The molecule has 0 fully saturated rings. The van der Waals surface area contributed by atoms with Crippen LogP contribution in [-0.4, -0.2) is 35.5 Å². The molecule has 0 unspecified atom stereocenters. The van der Waals surface area contributed by atoms with Crippen molar-refractivity contribution in [1.29, 1.82) is 0 Å². The van der Waals surface area contributed by atoms with Gasteiger partial charge in [-0.15, -0.1) is 10.2 Å². The van der Waals surface area contributed by atoms with E-state index in [9.17, 15) is 12.8 Å². The Hall–Kier alpha value is -3.99. The summed E-state index contributed by atoms with van der Waals surface area (Å²) in [6.45, 7) is 1.87. The van der Waals surface area contributed by atoms with Crippen LogP contribution in [-0.2, 0) is 10.0 Å². The summed E-state index contributed by atoms with van der Waals surface area (Å²) in [5, 5.41) is 12.3. The number of nitrogens with zero attached hydrogens (tertiary/aromatic N) is 4. The number of benzene rings is 2. The fraction of sp³-hybridized carbons (Fsp3) is 0.0952. The number of hydrogen-bond donors (Lipinski definition) is 1. The molecule has 32 heavy (non-hydrogen) atoms. The van der Waals surface area contributed by atoms with Crippen molar-refractivity contribution < 1.29 is 22.3 Å². The van der Waals surface area contributed by atoms with Gasteiger partial charge < -0.3 is 9.47 Å². The number of halogens is 1. The zero-order valence-corrected chi connectivity index (χ0v) is 17.9. The molecular weight excluding hydrogens is 437 g/mol. The number of rotatable bonds is 7. The molecule has 0 amide bonds. The third-order valence-electron chi connectivity index (χ3n) is 4.33. The summed E-state index contributed by atoms with van der Waals surface area (Å²) in [5.41, 5.74) is 1.12. The van der Waals surface area contributed by atoms with Crippen molar-refractivity contribution in [3.63, 3.8) is 0 Å². The van der Waals surface area contributed by atoms with Gasteiger partial charge in [-0.1, -0.05) is 0 Å². The van der Waals surface area contributed by atoms with Crippen LogP contribution in [0.25, 0.3) is 5.82 Å². The van der Waals surface area contributed by atoms with Gasteiger partial charge in [0, 0.05) is 18.0 Å².